The summed E-state index contributed by atoms with van der Waals surface area (Å²) >= 11 is 2.48. The first-order valence-corrected chi connectivity index (χ1v) is 8.23. The molecule has 2 rings (SSSR count). The lowest BCUT2D eigenvalue weighted by Crippen LogP contribution is -2.20. The Labute approximate surface area is 130 Å². The molecule has 1 amide bonds. The van der Waals surface area contributed by atoms with Gasteiger partial charge >= 0.3 is 0 Å². The minimum absolute atomic E-state index is 0.0691. The lowest BCUT2D eigenvalue weighted by molar-refractivity contribution is -0.116. The van der Waals surface area contributed by atoms with Gasteiger partial charge in [-0.1, -0.05) is 11.8 Å². The van der Waals surface area contributed by atoms with Crippen LogP contribution in [0.15, 0.2) is 27.9 Å². The Balaban J connectivity index is 1.97. The highest BCUT2D eigenvalue weighted by Crippen LogP contribution is 2.25. The second-order valence-electron chi connectivity index (χ2n) is 4.30. The van der Waals surface area contributed by atoms with Crippen molar-refractivity contribution in [1.29, 1.82) is 0 Å². The van der Waals surface area contributed by atoms with Crippen LogP contribution < -0.4 is 5.32 Å². The van der Waals surface area contributed by atoms with E-state index in [9.17, 15) is 14.7 Å². The number of allylic oxidation sites excluding steroid dienone is 1. The third kappa shape index (κ3) is 4.15. The second kappa shape index (κ2) is 7.37. The minimum Gasteiger partial charge on any atom is -0.511 e. The third-order valence-corrected chi connectivity index (χ3v) is 4.58. The lowest BCUT2D eigenvalue weighted by Gasteiger charge is -2.16. The van der Waals surface area contributed by atoms with Crippen molar-refractivity contribution < 1.29 is 14.7 Å². The summed E-state index contributed by atoms with van der Waals surface area (Å²) in [5.41, 5.74) is 0.260. The average molecular weight is 325 g/mol. The Hall–Kier alpha value is -1.67. The number of nitrogens with zero attached hydrogens (tertiary/aromatic N) is 2. The Morgan fingerprint density at radius 2 is 2.38 bits per heavy atom. The molecule has 8 heteroatoms. The molecule has 0 saturated heterocycles. The van der Waals surface area contributed by atoms with E-state index < -0.39 is 0 Å². The Bertz CT molecular complexity index is 594. The number of aliphatic hydroxyl groups is 1. The fourth-order valence-corrected chi connectivity index (χ4v) is 3.28. The molecule has 0 bridgehead atoms. The molecule has 6 nitrogen and oxygen atoms in total. The Morgan fingerprint density at radius 1 is 1.57 bits per heavy atom. The number of rotatable bonds is 4. The van der Waals surface area contributed by atoms with Gasteiger partial charge in [0.2, 0.25) is 5.91 Å². The van der Waals surface area contributed by atoms with Crippen LogP contribution in [0, 0.1) is 0 Å². The summed E-state index contributed by atoms with van der Waals surface area (Å²) in [5, 5.41) is 15.2. The summed E-state index contributed by atoms with van der Waals surface area (Å²) < 4.78 is 0. The molecule has 0 radical (unpaired) electrons. The van der Waals surface area contributed by atoms with Crippen LogP contribution in [0.2, 0.25) is 0 Å². The number of aromatic nitrogens is 1. The number of carbonyl (C=O) groups is 2. The number of amides is 1. The third-order valence-electron chi connectivity index (χ3n) is 2.82. The number of ketones is 1. The van der Waals surface area contributed by atoms with Crippen molar-refractivity contribution in [3.8, 4) is 0 Å². The second-order valence-corrected chi connectivity index (χ2v) is 6.16. The zero-order valence-electron chi connectivity index (χ0n) is 11.5. The highest BCUT2D eigenvalue weighted by atomic mass is 32.2. The van der Waals surface area contributed by atoms with Crippen molar-refractivity contribution in [2.75, 3.05) is 18.1 Å². The number of anilines is 1. The number of thiazole rings is 1. The van der Waals surface area contributed by atoms with Gasteiger partial charge in [-0.2, -0.15) is 0 Å². The van der Waals surface area contributed by atoms with E-state index in [0.29, 0.717) is 29.4 Å². The number of Topliss-reactive ketones (excluding diaryl/α,β-unsaturated/α-hetero) is 1. The van der Waals surface area contributed by atoms with E-state index in [4.69, 9.17) is 0 Å². The quantitative estimate of drug-likeness (QED) is 0.655. The normalized spacial score (nSPS) is 16.2. The van der Waals surface area contributed by atoms with E-state index in [1.54, 1.807) is 18.6 Å². The van der Waals surface area contributed by atoms with Crippen LogP contribution in [-0.2, 0) is 9.59 Å². The predicted molar refractivity (Wildman–Crippen MR) is 85.1 cm³/mol. The molecule has 0 spiro atoms. The van der Waals surface area contributed by atoms with Crippen LogP contribution in [0.4, 0.5) is 5.13 Å². The number of aliphatic hydroxyl groups excluding tert-OH is 1. The lowest BCUT2D eigenvalue weighted by atomic mass is 9.97. The first-order chi connectivity index (χ1) is 10.1. The standard InChI is InChI=1S/C13H15N3O3S2/c1-14-12(11-8(17)3-2-4-9(11)18)21-7-10(19)16-13-15-5-6-20-13/h5-6,17H,2-4,7H2,1H3,(H,15,16,19). The fourth-order valence-electron chi connectivity index (χ4n) is 1.89. The van der Waals surface area contributed by atoms with Gasteiger partial charge in [0.1, 0.15) is 10.8 Å². The summed E-state index contributed by atoms with van der Waals surface area (Å²) in [6.07, 6.45) is 3.15. The van der Waals surface area contributed by atoms with Gasteiger partial charge in [-0.05, 0) is 6.42 Å². The van der Waals surface area contributed by atoms with Gasteiger partial charge in [0.15, 0.2) is 10.9 Å². The zero-order valence-corrected chi connectivity index (χ0v) is 13.1. The molecule has 0 atom stereocenters. The molecular formula is C13H15N3O3S2. The molecular weight excluding hydrogens is 310 g/mol. The van der Waals surface area contributed by atoms with Crippen LogP contribution in [0.1, 0.15) is 19.3 Å². The smallest absolute Gasteiger partial charge is 0.236 e. The van der Waals surface area contributed by atoms with Crippen LogP contribution in [0.3, 0.4) is 0 Å². The molecule has 1 aliphatic rings. The van der Waals surface area contributed by atoms with Gasteiger partial charge in [-0.3, -0.25) is 14.6 Å². The van der Waals surface area contributed by atoms with Gasteiger partial charge in [0.25, 0.3) is 0 Å². The predicted octanol–water partition coefficient (Wildman–Crippen LogP) is 2.41. The number of aliphatic imine (C=N–C) groups is 1. The SMILES string of the molecule is CN=C(SCC(=O)Nc1nccs1)C1=C(O)CCCC1=O. The van der Waals surface area contributed by atoms with Crippen molar-refractivity contribution in [2.45, 2.75) is 19.3 Å². The van der Waals surface area contributed by atoms with Gasteiger partial charge in [0, 0.05) is 31.5 Å². The van der Waals surface area contributed by atoms with Crippen LogP contribution in [-0.4, -0.2) is 39.6 Å². The molecule has 0 aromatic carbocycles. The van der Waals surface area contributed by atoms with E-state index >= 15 is 0 Å². The molecule has 0 saturated carbocycles. The number of hydrogen-bond acceptors (Lipinski definition) is 7. The molecule has 2 N–H and O–H groups in total. The highest BCUT2D eigenvalue weighted by Gasteiger charge is 2.25. The topological polar surface area (TPSA) is 91.7 Å². The van der Waals surface area contributed by atoms with Crippen LogP contribution in [0.5, 0.6) is 0 Å². The molecule has 0 aliphatic heterocycles. The maximum Gasteiger partial charge on any atom is 0.236 e. The van der Waals surface area contributed by atoms with E-state index in [1.165, 1.54) is 11.3 Å². The van der Waals surface area contributed by atoms with Crippen LogP contribution >= 0.6 is 23.1 Å². The van der Waals surface area contributed by atoms with Crippen molar-refractivity contribution in [2.24, 2.45) is 4.99 Å². The van der Waals surface area contributed by atoms with E-state index in [2.05, 4.69) is 15.3 Å². The maximum atomic E-state index is 11.9. The molecule has 1 aliphatic carbocycles. The minimum atomic E-state index is -0.223. The van der Waals surface area contributed by atoms with Crippen LogP contribution in [0.25, 0.3) is 0 Å². The van der Waals surface area contributed by atoms with Crippen molar-refractivity contribution in [3.63, 3.8) is 0 Å². The van der Waals surface area contributed by atoms with E-state index in [0.717, 1.165) is 11.8 Å². The monoisotopic (exact) mass is 325 g/mol. The Kier molecular flexibility index (Phi) is 5.51. The number of hydrogen-bond donors (Lipinski definition) is 2. The van der Waals surface area contributed by atoms with Gasteiger partial charge < -0.3 is 10.4 Å². The van der Waals surface area contributed by atoms with Crippen molar-refractivity contribution >= 4 is 45.0 Å². The van der Waals surface area contributed by atoms with Gasteiger partial charge in [-0.15, -0.1) is 11.3 Å². The molecule has 1 heterocycles. The highest BCUT2D eigenvalue weighted by molar-refractivity contribution is 8.15. The van der Waals surface area contributed by atoms with Gasteiger partial charge in [0.05, 0.1) is 11.3 Å². The molecule has 21 heavy (non-hydrogen) atoms. The molecule has 112 valence electrons. The summed E-state index contributed by atoms with van der Waals surface area (Å²) in [5.74, 6) is -0.164. The first-order valence-electron chi connectivity index (χ1n) is 6.36. The number of nitrogens with one attached hydrogen (secondary N) is 1. The van der Waals surface area contributed by atoms with E-state index in [1.807, 2.05) is 0 Å². The van der Waals surface area contributed by atoms with Crippen molar-refractivity contribution in [1.82, 2.24) is 4.98 Å². The fraction of sp³-hybridized carbons (Fsp3) is 0.385. The summed E-state index contributed by atoms with van der Waals surface area (Å²) in [4.78, 5) is 31.7. The van der Waals surface area contributed by atoms with E-state index in [-0.39, 0.29) is 28.8 Å². The molecule has 0 fully saturated rings. The average Bonchev–Trinajstić information content (AvgIpc) is 2.94. The van der Waals surface area contributed by atoms with Gasteiger partial charge in [-0.25, -0.2) is 4.98 Å². The largest absolute Gasteiger partial charge is 0.511 e. The molecule has 1 aromatic heterocycles. The van der Waals surface area contributed by atoms with Crippen molar-refractivity contribution in [3.05, 3.63) is 22.9 Å². The maximum absolute atomic E-state index is 11.9. The number of carbonyl (C=O) groups excluding carboxylic acids is 2. The Morgan fingerprint density at radius 3 is 3.00 bits per heavy atom. The summed E-state index contributed by atoms with van der Waals surface area (Å²) in [7, 11) is 1.54. The summed E-state index contributed by atoms with van der Waals surface area (Å²) in [6.45, 7) is 0. The number of thioether (sulfide) groups is 1. The first kappa shape index (κ1) is 15.7. The molecule has 0 unspecified atom stereocenters. The summed E-state index contributed by atoms with van der Waals surface area (Å²) in [6, 6.07) is 0. The molecule has 1 aromatic rings. The zero-order chi connectivity index (χ0) is 15.2.